The first-order valence-electron chi connectivity index (χ1n) is 9.39. The van der Waals surface area contributed by atoms with Gasteiger partial charge in [0.05, 0.1) is 32.3 Å². The van der Waals surface area contributed by atoms with Crippen molar-refractivity contribution in [1.82, 2.24) is 19.6 Å². The molecule has 4 nitrogen and oxygen atoms in total. The molecule has 0 unspecified atom stereocenters. The molecule has 0 saturated carbocycles. The van der Waals surface area contributed by atoms with Crippen LogP contribution in [-0.2, 0) is 0 Å². The highest BCUT2D eigenvalue weighted by molar-refractivity contribution is 7.19. The molecular formula is C21H24N4S2. The van der Waals surface area contributed by atoms with Gasteiger partial charge in [-0.05, 0) is 57.2 Å². The Morgan fingerprint density at radius 2 is 1.89 bits per heavy atom. The van der Waals surface area contributed by atoms with Crippen LogP contribution in [0.3, 0.4) is 0 Å². The highest BCUT2D eigenvalue weighted by Crippen LogP contribution is 2.40. The monoisotopic (exact) mass is 396 g/mol. The molecule has 140 valence electrons. The minimum atomic E-state index is 0.513. The number of imidazole rings is 1. The van der Waals surface area contributed by atoms with Crippen LogP contribution in [0.1, 0.15) is 55.1 Å². The molecular weight excluding hydrogens is 372 g/mol. The summed E-state index contributed by atoms with van der Waals surface area (Å²) in [7, 11) is 0. The molecule has 27 heavy (non-hydrogen) atoms. The lowest BCUT2D eigenvalue weighted by Gasteiger charge is -2.14. The second-order valence-electron chi connectivity index (χ2n) is 7.03. The van der Waals surface area contributed by atoms with E-state index in [9.17, 15) is 0 Å². The lowest BCUT2D eigenvalue weighted by atomic mass is 9.95. The summed E-state index contributed by atoms with van der Waals surface area (Å²) in [5, 5.41) is 6.95. The summed E-state index contributed by atoms with van der Waals surface area (Å²) in [4.78, 5) is 11.9. The van der Waals surface area contributed by atoms with E-state index in [-0.39, 0.29) is 0 Å². The predicted molar refractivity (Wildman–Crippen MR) is 115 cm³/mol. The summed E-state index contributed by atoms with van der Waals surface area (Å²) in [6.45, 7) is 10.8. The summed E-state index contributed by atoms with van der Waals surface area (Å²) >= 11 is 3.41. The third-order valence-electron chi connectivity index (χ3n) is 5.15. The van der Waals surface area contributed by atoms with Gasteiger partial charge in [-0.1, -0.05) is 13.8 Å². The van der Waals surface area contributed by atoms with Gasteiger partial charge < -0.3 is 0 Å². The maximum Gasteiger partial charge on any atom is 0.158 e. The van der Waals surface area contributed by atoms with E-state index >= 15 is 0 Å². The van der Waals surface area contributed by atoms with E-state index in [4.69, 9.17) is 10.1 Å². The zero-order chi connectivity index (χ0) is 19.1. The van der Waals surface area contributed by atoms with Crippen molar-refractivity contribution < 1.29 is 0 Å². The number of hydrogen-bond acceptors (Lipinski definition) is 5. The Labute approximate surface area is 167 Å². The maximum atomic E-state index is 4.95. The van der Waals surface area contributed by atoms with Crippen LogP contribution in [-0.4, -0.2) is 19.6 Å². The molecule has 0 saturated heterocycles. The SMILES string of the molecule is CCC(CC)c1cc(C)nn2c(-c3sc(-c4cscn4)cc3C)c(C)nc12. The topological polar surface area (TPSA) is 43.1 Å². The van der Waals surface area contributed by atoms with Crippen LogP contribution in [0.25, 0.3) is 26.8 Å². The van der Waals surface area contributed by atoms with Crippen LogP contribution in [0.4, 0.5) is 0 Å². The average molecular weight is 397 g/mol. The van der Waals surface area contributed by atoms with Gasteiger partial charge in [-0.25, -0.2) is 14.5 Å². The third kappa shape index (κ3) is 3.11. The Balaban J connectivity index is 1.95. The molecule has 0 aliphatic heterocycles. The fourth-order valence-electron chi connectivity index (χ4n) is 3.75. The molecule has 0 aliphatic carbocycles. The largest absolute Gasteiger partial charge is 0.244 e. The van der Waals surface area contributed by atoms with Gasteiger partial charge in [0.2, 0.25) is 0 Å². The second-order valence-corrected chi connectivity index (χ2v) is 8.80. The van der Waals surface area contributed by atoms with Crippen molar-refractivity contribution in [3.8, 4) is 21.1 Å². The van der Waals surface area contributed by atoms with Crippen molar-refractivity contribution in [3.63, 3.8) is 0 Å². The Hall–Kier alpha value is -2.05. The second kappa shape index (κ2) is 7.17. The van der Waals surface area contributed by atoms with Crippen LogP contribution in [0.2, 0.25) is 0 Å². The minimum absolute atomic E-state index is 0.513. The molecule has 0 atom stereocenters. The van der Waals surface area contributed by atoms with E-state index in [1.807, 2.05) is 5.51 Å². The molecule has 4 heterocycles. The molecule has 0 aromatic carbocycles. The summed E-state index contributed by atoms with van der Waals surface area (Å²) in [5.74, 6) is 0.513. The maximum absolute atomic E-state index is 4.95. The molecule has 0 bridgehead atoms. The molecule has 4 aromatic rings. The molecule has 0 N–H and O–H groups in total. The molecule has 6 heteroatoms. The number of fused-ring (bicyclic) bond motifs is 1. The summed E-state index contributed by atoms with van der Waals surface area (Å²) in [6, 6.07) is 4.44. The van der Waals surface area contributed by atoms with E-state index in [2.05, 4.69) is 61.6 Å². The molecule has 0 fully saturated rings. The Kier molecular flexibility index (Phi) is 4.86. The van der Waals surface area contributed by atoms with Crippen LogP contribution >= 0.6 is 22.7 Å². The van der Waals surface area contributed by atoms with Crippen LogP contribution < -0.4 is 0 Å². The fraction of sp³-hybridized carbons (Fsp3) is 0.381. The van der Waals surface area contributed by atoms with Crippen molar-refractivity contribution >= 4 is 28.3 Å². The lowest BCUT2D eigenvalue weighted by Crippen LogP contribution is -2.05. The smallest absolute Gasteiger partial charge is 0.158 e. The van der Waals surface area contributed by atoms with E-state index in [0.717, 1.165) is 41.3 Å². The predicted octanol–water partition coefficient (Wildman–Crippen LogP) is 6.41. The van der Waals surface area contributed by atoms with Crippen molar-refractivity contribution in [2.24, 2.45) is 0 Å². The van der Waals surface area contributed by atoms with E-state index in [1.165, 1.54) is 20.9 Å². The van der Waals surface area contributed by atoms with Crippen LogP contribution in [0.15, 0.2) is 23.0 Å². The van der Waals surface area contributed by atoms with Gasteiger partial charge in [0.1, 0.15) is 5.69 Å². The third-order valence-corrected chi connectivity index (χ3v) is 7.00. The standard InChI is InChI=1S/C21H24N4S2/c1-6-15(7-2)16-9-13(4)24-25-19(14(5)23-21(16)25)20-12(3)8-18(27-20)17-10-26-11-22-17/h8-11,15H,6-7H2,1-5H3. The van der Waals surface area contributed by atoms with E-state index in [1.54, 1.807) is 22.7 Å². The number of thiazole rings is 1. The van der Waals surface area contributed by atoms with Gasteiger partial charge in [0.15, 0.2) is 5.65 Å². The first kappa shape index (κ1) is 18.3. The van der Waals surface area contributed by atoms with Crippen LogP contribution in [0, 0.1) is 20.8 Å². The van der Waals surface area contributed by atoms with E-state index in [0.29, 0.717) is 5.92 Å². The van der Waals surface area contributed by atoms with Crippen molar-refractivity contribution in [2.75, 3.05) is 0 Å². The van der Waals surface area contributed by atoms with Gasteiger partial charge in [-0.2, -0.15) is 5.10 Å². The average Bonchev–Trinajstić information content (AvgIpc) is 3.35. The first-order chi connectivity index (χ1) is 13.0. The number of hydrogen-bond donors (Lipinski definition) is 0. The van der Waals surface area contributed by atoms with Gasteiger partial charge in [-0.3, -0.25) is 0 Å². The number of rotatable bonds is 5. The van der Waals surface area contributed by atoms with Crippen molar-refractivity contribution in [1.29, 1.82) is 0 Å². The number of aryl methyl sites for hydroxylation is 3. The summed E-state index contributed by atoms with van der Waals surface area (Å²) in [6.07, 6.45) is 2.23. The number of nitrogens with zero attached hydrogens (tertiary/aromatic N) is 4. The summed E-state index contributed by atoms with van der Waals surface area (Å²) < 4.78 is 2.07. The molecule has 0 amide bonds. The zero-order valence-corrected chi connectivity index (χ0v) is 18.0. The quantitative estimate of drug-likeness (QED) is 0.391. The van der Waals surface area contributed by atoms with Crippen molar-refractivity contribution in [3.05, 3.63) is 45.5 Å². The number of aromatic nitrogens is 4. The Morgan fingerprint density at radius 1 is 1.11 bits per heavy atom. The molecule has 4 aromatic heterocycles. The summed E-state index contributed by atoms with van der Waals surface area (Å²) in [5.41, 5.74) is 9.70. The highest BCUT2D eigenvalue weighted by atomic mass is 32.1. The molecule has 0 aliphatic rings. The highest BCUT2D eigenvalue weighted by Gasteiger charge is 2.22. The Bertz CT molecular complexity index is 1090. The minimum Gasteiger partial charge on any atom is -0.244 e. The normalized spacial score (nSPS) is 11.8. The molecule has 4 rings (SSSR count). The lowest BCUT2D eigenvalue weighted by molar-refractivity contribution is 0.638. The van der Waals surface area contributed by atoms with Crippen molar-refractivity contribution in [2.45, 2.75) is 53.4 Å². The fourth-order valence-corrected chi connectivity index (χ4v) is 5.59. The van der Waals surface area contributed by atoms with Gasteiger partial charge >= 0.3 is 0 Å². The first-order valence-corrected chi connectivity index (χ1v) is 11.2. The zero-order valence-electron chi connectivity index (χ0n) is 16.4. The Morgan fingerprint density at radius 3 is 2.56 bits per heavy atom. The molecule has 0 spiro atoms. The van der Waals surface area contributed by atoms with Gasteiger partial charge in [0.25, 0.3) is 0 Å². The van der Waals surface area contributed by atoms with E-state index < -0.39 is 0 Å². The van der Waals surface area contributed by atoms with Gasteiger partial charge in [-0.15, -0.1) is 22.7 Å². The molecule has 0 radical (unpaired) electrons. The number of thiophene rings is 1. The van der Waals surface area contributed by atoms with Crippen LogP contribution in [0.5, 0.6) is 0 Å². The van der Waals surface area contributed by atoms with Gasteiger partial charge in [0, 0.05) is 10.9 Å².